The van der Waals surface area contributed by atoms with E-state index in [0.717, 1.165) is 28.6 Å². The zero-order valence-electron chi connectivity index (χ0n) is 12.1. The molecule has 0 amide bonds. The Hall–Kier alpha value is -0.910. The first-order valence-corrected chi connectivity index (χ1v) is 9.16. The second-order valence-corrected chi connectivity index (χ2v) is 7.38. The maximum Gasteiger partial charge on any atom is 0.124 e. The molecule has 2 nitrogen and oxygen atoms in total. The smallest absolute Gasteiger partial charge is 0.124 e. The number of nitrogens with one attached hydrogen (secondary N) is 1. The fourth-order valence-corrected chi connectivity index (χ4v) is 4.78. The predicted molar refractivity (Wildman–Crippen MR) is 87.4 cm³/mol. The number of thiazole rings is 1. The Labute approximate surface area is 133 Å². The third kappa shape index (κ3) is 3.65. The number of hydrogen-bond donors (Lipinski definition) is 1. The van der Waals surface area contributed by atoms with Crippen molar-refractivity contribution in [1.82, 2.24) is 10.3 Å². The molecule has 0 radical (unpaired) electrons. The molecule has 1 heterocycles. The van der Waals surface area contributed by atoms with E-state index in [1.165, 1.54) is 29.5 Å². The number of aromatic nitrogens is 1. The van der Waals surface area contributed by atoms with Gasteiger partial charge in [-0.2, -0.15) is 0 Å². The molecule has 0 aliphatic heterocycles. The van der Waals surface area contributed by atoms with Crippen molar-refractivity contribution in [1.29, 1.82) is 0 Å². The maximum atomic E-state index is 13.2. The van der Waals surface area contributed by atoms with E-state index < -0.39 is 0 Å². The van der Waals surface area contributed by atoms with Gasteiger partial charge in [0.2, 0.25) is 0 Å². The number of fused-ring (bicyclic) bond motifs is 1. The lowest BCUT2D eigenvalue weighted by Gasteiger charge is -2.21. The van der Waals surface area contributed by atoms with Crippen LogP contribution < -0.4 is 5.32 Å². The molecule has 1 aromatic heterocycles. The lowest BCUT2D eigenvalue weighted by atomic mass is 9.98. The van der Waals surface area contributed by atoms with Crippen LogP contribution in [-0.2, 0) is 12.2 Å². The first-order valence-electron chi connectivity index (χ1n) is 7.36. The SMILES string of the molecule is CCNC1CCCc2sc(CSc3cccc(F)c3)nc21. The summed E-state index contributed by atoms with van der Waals surface area (Å²) in [6.45, 7) is 3.12. The number of nitrogens with zero attached hydrogens (tertiary/aromatic N) is 1. The van der Waals surface area contributed by atoms with Crippen molar-refractivity contribution >= 4 is 23.1 Å². The second kappa shape index (κ2) is 6.90. The average Bonchev–Trinajstić information content (AvgIpc) is 2.90. The highest BCUT2D eigenvalue weighted by molar-refractivity contribution is 7.98. The zero-order chi connectivity index (χ0) is 14.7. The average molecular weight is 322 g/mol. The molecule has 1 N–H and O–H groups in total. The van der Waals surface area contributed by atoms with Crippen molar-refractivity contribution in [2.24, 2.45) is 0 Å². The standard InChI is InChI=1S/C16H19FN2S2/c1-2-18-13-7-4-8-14-16(13)19-15(21-14)10-20-12-6-3-5-11(17)9-12/h3,5-6,9,13,18H,2,4,7-8,10H2,1H3. The molecular weight excluding hydrogens is 303 g/mol. The lowest BCUT2D eigenvalue weighted by molar-refractivity contribution is 0.465. The van der Waals surface area contributed by atoms with Crippen LogP contribution in [0.2, 0.25) is 0 Å². The van der Waals surface area contributed by atoms with Gasteiger partial charge >= 0.3 is 0 Å². The first kappa shape index (κ1) is 15.0. The Balaban J connectivity index is 1.69. The molecule has 0 saturated carbocycles. The highest BCUT2D eigenvalue weighted by atomic mass is 32.2. The Morgan fingerprint density at radius 3 is 3.19 bits per heavy atom. The van der Waals surface area contributed by atoms with Gasteiger partial charge in [0.25, 0.3) is 0 Å². The van der Waals surface area contributed by atoms with E-state index in [2.05, 4.69) is 12.2 Å². The quantitative estimate of drug-likeness (QED) is 0.817. The van der Waals surface area contributed by atoms with Crippen molar-refractivity contribution in [3.63, 3.8) is 0 Å². The summed E-state index contributed by atoms with van der Waals surface area (Å²) in [5.41, 5.74) is 1.25. The van der Waals surface area contributed by atoms with Crippen LogP contribution in [0, 0.1) is 5.82 Å². The van der Waals surface area contributed by atoms with E-state index in [9.17, 15) is 4.39 Å². The number of hydrogen-bond acceptors (Lipinski definition) is 4. The Kier molecular flexibility index (Phi) is 4.93. The van der Waals surface area contributed by atoms with E-state index >= 15 is 0 Å². The van der Waals surface area contributed by atoms with Gasteiger partial charge in [-0.05, 0) is 44.0 Å². The number of aryl methyl sites for hydroxylation is 1. The van der Waals surface area contributed by atoms with Gasteiger partial charge in [0.05, 0.1) is 17.5 Å². The summed E-state index contributed by atoms with van der Waals surface area (Å²) in [5.74, 6) is 0.644. The molecule has 0 saturated heterocycles. The number of rotatable bonds is 5. The summed E-state index contributed by atoms with van der Waals surface area (Å²) >= 11 is 3.48. The molecule has 1 aromatic carbocycles. The molecular formula is C16H19FN2S2. The molecule has 1 atom stereocenters. The summed E-state index contributed by atoms with van der Waals surface area (Å²) in [6.07, 6.45) is 3.57. The fourth-order valence-electron chi connectivity index (χ4n) is 2.68. The molecule has 112 valence electrons. The maximum absolute atomic E-state index is 13.2. The lowest BCUT2D eigenvalue weighted by Crippen LogP contribution is -2.24. The fraction of sp³-hybridized carbons (Fsp3) is 0.438. The normalized spacial score (nSPS) is 17.7. The molecule has 21 heavy (non-hydrogen) atoms. The number of thioether (sulfide) groups is 1. The van der Waals surface area contributed by atoms with Gasteiger partial charge in [0.1, 0.15) is 10.8 Å². The van der Waals surface area contributed by atoms with Gasteiger partial charge in [-0.3, -0.25) is 0 Å². The van der Waals surface area contributed by atoms with E-state index in [-0.39, 0.29) is 5.82 Å². The van der Waals surface area contributed by atoms with Crippen LogP contribution in [0.4, 0.5) is 4.39 Å². The van der Waals surface area contributed by atoms with E-state index in [1.807, 2.05) is 17.4 Å². The van der Waals surface area contributed by atoms with Crippen LogP contribution in [0.3, 0.4) is 0 Å². The summed E-state index contributed by atoms with van der Waals surface area (Å²) in [5, 5.41) is 4.67. The minimum Gasteiger partial charge on any atom is -0.309 e. The molecule has 0 spiro atoms. The third-order valence-corrected chi connectivity index (χ3v) is 5.93. The largest absolute Gasteiger partial charge is 0.309 e. The summed E-state index contributed by atoms with van der Waals surface area (Å²) in [4.78, 5) is 7.23. The van der Waals surface area contributed by atoms with Gasteiger partial charge in [0.15, 0.2) is 0 Å². The number of benzene rings is 1. The van der Waals surface area contributed by atoms with Crippen LogP contribution in [0.15, 0.2) is 29.2 Å². The predicted octanol–water partition coefficient (Wildman–Crippen LogP) is 4.56. The van der Waals surface area contributed by atoms with Crippen LogP contribution >= 0.6 is 23.1 Å². The molecule has 0 bridgehead atoms. The molecule has 1 unspecified atom stereocenters. The van der Waals surface area contributed by atoms with Gasteiger partial charge in [-0.1, -0.05) is 13.0 Å². The Morgan fingerprint density at radius 1 is 1.48 bits per heavy atom. The van der Waals surface area contributed by atoms with E-state index in [4.69, 9.17) is 4.98 Å². The van der Waals surface area contributed by atoms with Crippen LogP contribution in [0.5, 0.6) is 0 Å². The number of halogens is 1. The molecule has 1 aliphatic rings. The van der Waals surface area contributed by atoms with Crippen molar-refractivity contribution in [2.45, 2.75) is 42.9 Å². The Morgan fingerprint density at radius 2 is 2.38 bits per heavy atom. The van der Waals surface area contributed by atoms with Gasteiger partial charge in [-0.15, -0.1) is 23.1 Å². The zero-order valence-corrected chi connectivity index (χ0v) is 13.7. The minimum absolute atomic E-state index is 0.175. The van der Waals surface area contributed by atoms with Crippen LogP contribution in [-0.4, -0.2) is 11.5 Å². The Bertz CT molecular complexity index is 612. The van der Waals surface area contributed by atoms with Crippen molar-refractivity contribution in [2.75, 3.05) is 6.54 Å². The van der Waals surface area contributed by atoms with Crippen molar-refractivity contribution in [3.8, 4) is 0 Å². The van der Waals surface area contributed by atoms with E-state index in [0.29, 0.717) is 6.04 Å². The third-order valence-electron chi connectivity index (χ3n) is 3.61. The first-order chi connectivity index (χ1) is 10.3. The highest BCUT2D eigenvalue weighted by Gasteiger charge is 2.23. The second-order valence-electron chi connectivity index (χ2n) is 5.16. The summed E-state index contributed by atoms with van der Waals surface area (Å²) in [7, 11) is 0. The van der Waals surface area contributed by atoms with Gasteiger partial charge in [-0.25, -0.2) is 9.37 Å². The molecule has 1 aliphatic carbocycles. The monoisotopic (exact) mass is 322 g/mol. The van der Waals surface area contributed by atoms with Crippen molar-refractivity contribution in [3.05, 3.63) is 45.7 Å². The van der Waals surface area contributed by atoms with Crippen LogP contribution in [0.1, 0.15) is 41.4 Å². The topological polar surface area (TPSA) is 24.9 Å². The molecule has 5 heteroatoms. The van der Waals surface area contributed by atoms with E-state index in [1.54, 1.807) is 23.9 Å². The molecule has 3 rings (SSSR count). The van der Waals surface area contributed by atoms with Gasteiger partial charge < -0.3 is 5.32 Å². The summed E-state index contributed by atoms with van der Waals surface area (Å²) < 4.78 is 13.2. The molecule has 0 fully saturated rings. The van der Waals surface area contributed by atoms with Gasteiger partial charge in [0, 0.05) is 9.77 Å². The van der Waals surface area contributed by atoms with Crippen LogP contribution in [0.25, 0.3) is 0 Å². The highest BCUT2D eigenvalue weighted by Crippen LogP contribution is 2.35. The summed E-state index contributed by atoms with van der Waals surface area (Å²) in [6, 6.07) is 7.18. The molecule has 2 aromatic rings. The van der Waals surface area contributed by atoms with Crippen molar-refractivity contribution < 1.29 is 4.39 Å². The minimum atomic E-state index is -0.175.